The molecule has 1 aromatic heterocycles. The van der Waals surface area contributed by atoms with Gasteiger partial charge in [-0.15, -0.1) is 56.0 Å². The second kappa shape index (κ2) is 16.8. The summed E-state index contributed by atoms with van der Waals surface area (Å²) in [6.45, 7) is 11.4. The first-order chi connectivity index (χ1) is 33.5. The number of fused-ring (bicyclic) bond motifs is 11. The zero-order valence-corrected chi connectivity index (χ0v) is 42.2. The lowest BCUT2D eigenvalue weighted by molar-refractivity contribution is 0.196. The molecule has 4 aliphatic rings. The van der Waals surface area contributed by atoms with E-state index >= 15 is 0 Å². The van der Waals surface area contributed by atoms with E-state index in [4.69, 9.17) is 148 Å². The van der Waals surface area contributed by atoms with Crippen molar-refractivity contribution in [1.29, 1.82) is 0 Å². The van der Waals surface area contributed by atoms with E-state index in [1.165, 1.54) is 11.3 Å². The van der Waals surface area contributed by atoms with E-state index in [2.05, 4.69) is 24.7 Å². The molecule has 0 N–H and O–H groups in total. The third-order valence-electron chi connectivity index (χ3n) is 16.8. The number of nitrogens with zero attached hydrogens (tertiary/aromatic N) is 2. The molecular formula is C50H29B19N2S. The molecule has 0 bridgehead atoms. The van der Waals surface area contributed by atoms with E-state index < -0.39 is 23.1 Å². The number of benzene rings is 5. The minimum atomic E-state index is -0.812. The van der Waals surface area contributed by atoms with Crippen LogP contribution in [0.15, 0.2) is 16.4 Å². The number of hydrogen-bond acceptors (Lipinski definition) is 3. The lowest BCUT2D eigenvalue weighted by atomic mass is 9.29. The van der Waals surface area contributed by atoms with E-state index in [9.17, 15) is 0 Å². The van der Waals surface area contributed by atoms with E-state index in [-0.39, 0.29) is 88.7 Å². The average Bonchev–Trinajstić information content (AvgIpc) is 3.83. The molecule has 5 aromatic carbocycles. The van der Waals surface area contributed by atoms with Gasteiger partial charge in [0.2, 0.25) is 6.71 Å². The molecule has 6 aromatic rings. The maximum Gasteiger partial charge on any atom is 0.250 e. The van der Waals surface area contributed by atoms with Gasteiger partial charge in [0, 0.05) is 49.5 Å². The van der Waals surface area contributed by atoms with Gasteiger partial charge in [-0.25, -0.2) is 0 Å². The summed E-state index contributed by atoms with van der Waals surface area (Å²) in [4.78, 5) is 4.28. The molecule has 72 heavy (non-hydrogen) atoms. The lowest BCUT2D eigenvalue weighted by Crippen LogP contribution is -2.73. The molecule has 3 aliphatic heterocycles. The van der Waals surface area contributed by atoms with Crippen LogP contribution >= 0.6 is 11.3 Å². The van der Waals surface area contributed by atoms with Crippen LogP contribution < -0.4 is 108 Å². The molecule has 22 heteroatoms. The molecule has 2 nitrogen and oxygen atoms in total. The summed E-state index contributed by atoms with van der Waals surface area (Å²) in [5.74, 6) is 2.46. The van der Waals surface area contributed by atoms with E-state index in [0.717, 1.165) is 36.9 Å². The van der Waals surface area contributed by atoms with Crippen LogP contribution in [-0.4, -0.2) is 160 Å². The Kier molecular flexibility index (Phi) is 12.1. The number of allylic oxidation sites excluding steroid dienone is 3. The topological polar surface area (TPSA) is 6.48 Å². The first kappa shape index (κ1) is 51.7. The summed E-state index contributed by atoms with van der Waals surface area (Å²) in [6.07, 6.45) is 9.51. The Morgan fingerprint density at radius 1 is 0.597 bits per heavy atom. The van der Waals surface area contributed by atoms with Crippen molar-refractivity contribution in [1.82, 2.24) is 0 Å². The van der Waals surface area contributed by atoms with Crippen LogP contribution in [0.5, 0.6) is 0 Å². The van der Waals surface area contributed by atoms with Crippen LogP contribution in [0.1, 0.15) is 82.6 Å². The fourth-order valence-corrected chi connectivity index (χ4v) is 14.2. The number of terminal acetylenes is 1. The van der Waals surface area contributed by atoms with Gasteiger partial charge in [0.1, 0.15) is 141 Å². The number of rotatable bonds is 4. The Hall–Kier alpha value is -3.81. The van der Waals surface area contributed by atoms with Crippen LogP contribution in [0.2, 0.25) is 0 Å². The van der Waals surface area contributed by atoms with Gasteiger partial charge < -0.3 is 9.80 Å². The minimum absolute atomic E-state index is 0.00619. The first-order valence-corrected chi connectivity index (χ1v) is 24.3. The molecule has 1 saturated carbocycles. The molecule has 2 atom stereocenters. The van der Waals surface area contributed by atoms with Crippen LogP contribution in [0.25, 0.3) is 25.7 Å². The van der Waals surface area contributed by atoms with Gasteiger partial charge in [-0.1, -0.05) is 123 Å². The number of thiophene rings is 1. The Bertz CT molecular complexity index is 3640. The quantitative estimate of drug-likeness (QED) is 0.0988. The maximum absolute atomic E-state index is 7.56. The number of hydrogen-bond donors (Lipinski definition) is 0. The van der Waals surface area contributed by atoms with Crippen molar-refractivity contribution in [2.24, 2.45) is 0 Å². The molecule has 0 amide bonds. The van der Waals surface area contributed by atoms with Crippen LogP contribution in [0.3, 0.4) is 0 Å². The van der Waals surface area contributed by atoms with E-state index in [1.807, 2.05) is 32.6 Å². The predicted octanol–water partition coefficient (Wildman–Crippen LogP) is -8.65. The summed E-state index contributed by atoms with van der Waals surface area (Å²) < 4.78 is 1.22. The van der Waals surface area contributed by atoms with Crippen molar-refractivity contribution in [2.45, 2.75) is 83.6 Å². The molecule has 4 heterocycles. The van der Waals surface area contributed by atoms with Crippen LogP contribution in [0, 0.1) is 19.3 Å². The second-order valence-electron chi connectivity index (χ2n) is 21.4. The van der Waals surface area contributed by atoms with Gasteiger partial charge in [0.25, 0.3) is 0 Å². The lowest BCUT2D eigenvalue weighted by Gasteiger charge is -2.54. The highest BCUT2D eigenvalue weighted by atomic mass is 32.1. The Morgan fingerprint density at radius 3 is 1.72 bits per heavy atom. The molecule has 1 aliphatic carbocycles. The molecule has 302 valence electrons. The van der Waals surface area contributed by atoms with Gasteiger partial charge in [-0.3, -0.25) is 0 Å². The molecule has 2 unspecified atom stereocenters. The summed E-state index contributed by atoms with van der Waals surface area (Å²) >= 11 is 1.35. The minimum Gasteiger partial charge on any atom is -0.339 e. The molecule has 0 spiro atoms. The Morgan fingerprint density at radius 2 is 1.12 bits per heavy atom. The fraction of sp³-hybridized carbons (Fsp3) is 0.280. The summed E-state index contributed by atoms with van der Waals surface area (Å²) in [6, 6.07) is 0. The van der Waals surface area contributed by atoms with Crippen molar-refractivity contribution >= 4 is 306 Å². The zero-order valence-electron chi connectivity index (χ0n) is 41.4. The van der Waals surface area contributed by atoms with Gasteiger partial charge in [0.05, 0.1) is 5.54 Å². The standard InChI is InChI=1S/C50H29B19N2S/c1-8-15(51)17(18-26(56)32(62)35(65)33(63)27(18)57)25(55)16(52)13-70-42-20-19-28(58)29(59)21(48(3,4)5)31(61)46(19)72-47(20)38(68)37(67)39(42)69-40-36(66)34(64)30(60)22-43(40)71(50(7)12-10-9-11-49(22,50)6)45-24(54)14(2)23(53)44(70)41(45)69/h1H,9-13H2,2-7H3/b17-15+,25-16-. The monoisotopic (exact) mass is 898 g/mol. The SMILES string of the molecule is [B]/C(CN1c2c([B])c(C)c([B])c3c2B(c2c([B])c([B])c([B])c4c2N3C2(C)CCCCC42C)c2c([B])c([B])c3sc4c([B])c(C(C)(C)C)c([B])c([B])c4c3c21)=C([B])/C(=C(/[B])C#C)c1c([B])c([B])c([B])c([B])c1[B]. The van der Waals surface area contributed by atoms with Crippen molar-refractivity contribution in [3.8, 4) is 12.3 Å². The summed E-state index contributed by atoms with van der Waals surface area (Å²) in [5, 5.41) is 1.11. The van der Waals surface area contributed by atoms with E-state index in [1.54, 1.807) is 0 Å². The molecule has 36 radical (unpaired) electrons. The van der Waals surface area contributed by atoms with Gasteiger partial charge in [0.15, 0.2) is 0 Å². The Balaban J connectivity index is 1.42. The third-order valence-corrected chi connectivity index (χ3v) is 18.0. The van der Waals surface area contributed by atoms with Gasteiger partial charge in [-0.05, 0) is 65.1 Å². The van der Waals surface area contributed by atoms with Crippen molar-refractivity contribution in [2.75, 3.05) is 16.3 Å². The molecule has 0 saturated heterocycles. The highest BCUT2D eigenvalue weighted by Gasteiger charge is 2.62. The molecule has 10 rings (SSSR count). The van der Waals surface area contributed by atoms with Crippen molar-refractivity contribution in [3.05, 3.63) is 38.7 Å². The zero-order chi connectivity index (χ0) is 52.8. The van der Waals surface area contributed by atoms with Gasteiger partial charge >= 0.3 is 0 Å². The number of anilines is 4. The van der Waals surface area contributed by atoms with E-state index in [0.29, 0.717) is 92.1 Å². The normalized spacial score (nSPS) is 19.4. The predicted molar refractivity (Wildman–Crippen MR) is 331 cm³/mol. The largest absolute Gasteiger partial charge is 0.339 e. The maximum atomic E-state index is 7.56. The third kappa shape index (κ3) is 6.37. The van der Waals surface area contributed by atoms with Crippen LogP contribution in [0.4, 0.5) is 22.7 Å². The smallest absolute Gasteiger partial charge is 0.250 e. The first-order valence-electron chi connectivity index (χ1n) is 23.5. The highest BCUT2D eigenvalue weighted by Crippen LogP contribution is 2.60. The fourth-order valence-electron chi connectivity index (χ4n) is 12.9. The second-order valence-corrected chi connectivity index (χ2v) is 22.4. The molecule has 1 fully saturated rings. The van der Waals surface area contributed by atoms with Gasteiger partial charge in [-0.2, -0.15) is 0 Å². The summed E-state index contributed by atoms with van der Waals surface area (Å²) in [7, 11) is 126. The van der Waals surface area contributed by atoms with Crippen molar-refractivity contribution in [3.63, 3.8) is 0 Å². The average molecular weight is 895 g/mol. The highest BCUT2D eigenvalue weighted by molar-refractivity contribution is 7.28. The summed E-state index contributed by atoms with van der Waals surface area (Å²) in [5.41, 5.74) is 7.80. The molecular weight excluding hydrogens is 866 g/mol. The Labute approximate surface area is 454 Å². The van der Waals surface area contributed by atoms with Crippen LogP contribution in [-0.2, 0) is 10.8 Å². The van der Waals surface area contributed by atoms with Crippen molar-refractivity contribution < 1.29 is 0 Å².